The maximum Gasteiger partial charge on any atom is 0.422 e. The van der Waals surface area contributed by atoms with Gasteiger partial charge in [-0.3, -0.25) is 0 Å². The van der Waals surface area contributed by atoms with Crippen LogP contribution in [0.25, 0.3) is 23.1 Å². The Kier molecular flexibility index (Phi) is 6.21. The summed E-state index contributed by atoms with van der Waals surface area (Å²) in [4.78, 5) is 20.1. The molecule has 0 aliphatic heterocycles. The van der Waals surface area contributed by atoms with Crippen LogP contribution in [0.15, 0.2) is 52.0 Å². The van der Waals surface area contributed by atoms with Crippen LogP contribution in [0.3, 0.4) is 0 Å². The van der Waals surface area contributed by atoms with Crippen LogP contribution in [0.1, 0.15) is 0 Å². The highest BCUT2D eigenvalue weighted by Gasteiger charge is 2.28. The van der Waals surface area contributed by atoms with E-state index < -0.39 is 22.6 Å². The summed E-state index contributed by atoms with van der Waals surface area (Å²) in [6, 6.07) is 8.60. The third-order valence-electron chi connectivity index (χ3n) is 4.16. The zero-order chi connectivity index (χ0) is 25.2. The lowest BCUT2D eigenvalue weighted by atomic mass is 10.3. The number of sulfone groups is 1. The van der Waals surface area contributed by atoms with Gasteiger partial charge in [0.15, 0.2) is 16.4 Å². The summed E-state index contributed by atoms with van der Waals surface area (Å²) in [7, 11) is -3.43. The van der Waals surface area contributed by atoms with Gasteiger partial charge < -0.3 is 20.3 Å². The number of nitrogen functional groups attached to an aromatic ring is 1. The predicted molar refractivity (Wildman–Crippen MR) is 115 cm³/mol. The van der Waals surface area contributed by atoms with Crippen molar-refractivity contribution < 1.29 is 30.8 Å². The second kappa shape index (κ2) is 9.13. The van der Waals surface area contributed by atoms with Crippen LogP contribution < -0.4 is 15.8 Å². The first kappa shape index (κ1) is 23.8. The first-order chi connectivity index (χ1) is 16.5. The number of benzene rings is 1. The third-order valence-corrected chi connectivity index (χ3v) is 5.27. The van der Waals surface area contributed by atoms with E-state index in [1.54, 1.807) is 12.1 Å². The number of rotatable bonds is 7. The van der Waals surface area contributed by atoms with Crippen molar-refractivity contribution in [2.24, 2.45) is 0 Å². The summed E-state index contributed by atoms with van der Waals surface area (Å²) < 4.78 is 70.0. The van der Waals surface area contributed by atoms with E-state index in [1.807, 2.05) is 0 Å². The second-order valence-electron chi connectivity index (χ2n) is 6.98. The van der Waals surface area contributed by atoms with Crippen molar-refractivity contribution in [2.45, 2.75) is 11.1 Å². The number of alkyl halides is 3. The average molecular weight is 508 g/mol. The fraction of sp³-hybridized carbons (Fsp3) is 0.158. The molecule has 0 amide bonds. The molecular formula is C19H15F3N8O4S. The first-order valence-electron chi connectivity index (χ1n) is 9.55. The number of ether oxygens (including phenoxy) is 1. The van der Waals surface area contributed by atoms with Crippen LogP contribution in [-0.4, -0.2) is 57.5 Å². The Balaban J connectivity index is 1.54. The summed E-state index contributed by atoms with van der Waals surface area (Å²) in [6.45, 7) is -1.47. The summed E-state index contributed by atoms with van der Waals surface area (Å²) in [6.07, 6.45) is -2.21. The average Bonchev–Trinajstić information content (AvgIpc) is 3.27. The number of nitrogens with two attached hydrogens (primary N) is 1. The van der Waals surface area contributed by atoms with Crippen molar-refractivity contribution in [3.63, 3.8) is 0 Å². The highest BCUT2D eigenvalue weighted by atomic mass is 32.2. The summed E-state index contributed by atoms with van der Waals surface area (Å²) in [5, 5.41) is 6.62. The Morgan fingerprint density at radius 3 is 2.57 bits per heavy atom. The predicted octanol–water partition coefficient (Wildman–Crippen LogP) is 2.65. The molecule has 0 atom stereocenters. The van der Waals surface area contributed by atoms with E-state index in [1.165, 1.54) is 30.5 Å². The van der Waals surface area contributed by atoms with E-state index in [4.69, 9.17) is 10.3 Å². The second-order valence-corrected chi connectivity index (χ2v) is 8.99. The monoisotopic (exact) mass is 508 g/mol. The van der Waals surface area contributed by atoms with E-state index in [-0.39, 0.29) is 40.2 Å². The molecule has 35 heavy (non-hydrogen) atoms. The number of aromatic nitrogens is 6. The molecule has 3 heterocycles. The van der Waals surface area contributed by atoms with Crippen LogP contribution in [0, 0.1) is 0 Å². The summed E-state index contributed by atoms with van der Waals surface area (Å²) in [5.41, 5.74) is 6.45. The molecule has 3 aromatic heterocycles. The van der Waals surface area contributed by atoms with Gasteiger partial charge in [0, 0.05) is 24.2 Å². The van der Waals surface area contributed by atoms with Crippen LogP contribution >= 0.6 is 0 Å². The van der Waals surface area contributed by atoms with Crippen LogP contribution in [0.4, 0.5) is 30.8 Å². The van der Waals surface area contributed by atoms with Crippen molar-refractivity contribution in [3.05, 3.63) is 42.6 Å². The van der Waals surface area contributed by atoms with Gasteiger partial charge in [-0.1, -0.05) is 11.2 Å². The molecule has 0 aliphatic rings. The Bertz CT molecular complexity index is 1460. The SMILES string of the molecule is CS(=O)(=O)c1cccc(Nc2nc(N)nc(-c3noc(-c4ccc(OCC(F)(F)F)nc4)n3)n2)c1. The van der Waals surface area contributed by atoms with Crippen molar-refractivity contribution in [2.75, 3.05) is 23.9 Å². The van der Waals surface area contributed by atoms with Gasteiger partial charge >= 0.3 is 6.18 Å². The van der Waals surface area contributed by atoms with E-state index in [9.17, 15) is 21.6 Å². The number of halogens is 3. The van der Waals surface area contributed by atoms with Gasteiger partial charge in [-0.25, -0.2) is 13.4 Å². The quantitative estimate of drug-likeness (QED) is 0.374. The Morgan fingerprint density at radius 2 is 1.89 bits per heavy atom. The topological polar surface area (TPSA) is 172 Å². The first-order valence-corrected chi connectivity index (χ1v) is 11.4. The van der Waals surface area contributed by atoms with E-state index in [2.05, 4.69) is 40.1 Å². The lowest BCUT2D eigenvalue weighted by molar-refractivity contribution is -0.154. The Hall–Kier alpha value is -4.34. The highest BCUT2D eigenvalue weighted by Crippen LogP contribution is 2.24. The standard InChI is InChI=1S/C19H15F3N8O4S/c1-35(31,32)12-4-2-3-11(7-12)25-18-28-14(27-17(23)29-18)15-26-16(34-30-15)10-5-6-13(24-8-10)33-9-19(20,21)22/h2-8H,9H2,1H3,(H3,23,25,27,28,29). The Labute approximate surface area is 195 Å². The van der Waals surface area contributed by atoms with Gasteiger partial charge in [-0.2, -0.15) is 33.1 Å². The van der Waals surface area contributed by atoms with Crippen LogP contribution in [-0.2, 0) is 9.84 Å². The number of anilines is 3. The van der Waals surface area contributed by atoms with Crippen LogP contribution in [0.5, 0.6) is 5.88 Å². The fourth-order valence-electron chi connectivity index (χ4n) is 2.66. The van der Waals surface area contributed by atoms with Crippen molar-refractivity contribution in [1.82, 2.24) is 30.1 Å². The summed E-state index contributed by atoms with van der Waals surface area (Å²) >= 11 is 0. The molecule has 0 saturated heterocycles. The lowest BCUT2D eigenvalue weighted by Crippen LogP contribution is -2.19. The van der Waals surface area contributed by atoms with Crippen molar-refractivity contribution >= 4 is 27.4 Å². The number of hydrogen-bond acceptors (Lipinski definition) is 12. The molecule has 1 aromatic carbocycles. The summed E-state index contributed by atoms with van der Waals surface area (Å²) in [5.74, 6) is -0.518. The van der Waals surface area contributed by atoms with Crippen LogP contribution in [0.2, 0.25) is 0 Å². The molecular weight excluding hydrogens is 493 g/mol. The molecule has 0 saturated carbocycles. The molecule has 0 aliphatic carbocycles. The van der Waals surface area contributed by atoms with E-state index >= 15 is 0 Å². The smallest absolute Gasteiger partial charge is 0.422 e. The van der Waals surface area contributed by atoms with Crippen molar-refractivity contribution in [1.29, 1.82) is 0 Å². The minimum atomic E-state index is -4.49. The molecule has 4 rings (SSSR count). The number of pyridine rings is 1. The third kappa shape index (κ3) is 6.17. The normalized spacial score (nSPS) is 11.9. The van der Waals surface area contributed by atoms with Crippen molar-refractivity contribution in [3.8, 4) is 29.0 Å². The minimum absolute atomic E-state index is 0.00247. The molecule has 0 fully saturated rings. The maximum atomic E-state index is 12.3. The molecule has 4 aromatic rings. The van der Waals surface area contributed by atoms with Gasteiger partial charge in [-0.05, 0) is 24.3 Å². The Morgan fingerprint density at radius 1 is 1.09 bits per heavy atom. The van der Waals surface area contributed by atoms with E-state index in [0.29, 0.717) is 11.3 Å². The lowest BCUT2D eigenvalue weighted by Gasteiger charge is -2.07. The van der Waals surface area contributed by atoms with Gasteiger partial charge in [0.05, 0.1) is 10.5 Å². The number of hydrogen-bond donors (Lipinski definition) is 2. The minimum Gasteiger partial charge on any atom is -0.468 e. The fourth-order valence-corrected chi connectivity index (χ4v) is 3.33. The van der Waals surface area contributed by atoms with Gasteiger partial charge in [0.2, 0.25) is 29.4 Å². The van der Waals surface area contributed by atoms with Gasteiger partial charge in [0.1, 0.15) is 0 Å². The molecule has 16 heteroatoms. The molecule has 0 spiro atoms. The molecule has 0 unspecified atom stereocenters. The molecule has 3 N–H and O–H groups in total. The molecule has 12 nitrogen and oxygen atoms in total. The number of nitrogens with zero attached hydrogens (tertiary/aromatic N) is 6. The zero-order valence-electron chi connectivity index (χ0n) is 17.7. The zero-order valence-corrected chi connectivity index (χ0v) is 18.5. The van der Waals surface area contributed by atoms with Gasteiger partial charge in [0.25, 0.3) is 5.89 Å². The highest BCUT2D eigenvalue weighted by molar-refractivity contribution is 7.90. The molecule has 182 valence electrons. The molecule has 0 radical (unpaired) electrons. The van der Waals surface area contributed by atoms with E-state index in [0.717, 1.165) is 6.26 Å². The largest absolute Gasteiger partial charge is 0.468 e. The molecule has 0 bridgehead atoms. The maximum absolute atomic E-state index is 12.3. The van der Waals surface area contributed by atoms with Gasteiger partial charge in [-0.15, -0.1) is 0 Å². The number of nitrogens with one attached hydrogen (secondary N) is 1.